The van der Waals surface area contributed by atoms with Gasteiger partial charge < -0.3 is 0 Å². The number of hydrogen-bond acceptors (Lipinski definition) is 1. The van der Waals surface area contributed by atoms with Crippen LogP contribution in [0.25, 0.3) is 96.3 Å². The zero-order valence-corrected chi connectivity index (χ0v) is 24.1. The molecule has 0 saturated heterocycles. The SMILES string of the molecule is c1cc2ccc3ccc(-c4c5ccccc5c(-c5cccc6c5sc5ccccc56)c5ccccc45)c4ccc(c1)c2c34. The van der Waals surface area contributed by atoms with Crippen LogP contribution in [-0.4, -0.2) is 0 Å². The zero-order valence-electron chi connectivity index (χ0n) is 23.3. The van der Waals surface area contributed by atoms with Gasteiger partial charge in [-0.2, -0.15) is 0 Å². The molecule has 0 atom stereocenters. The number of hydrogen-bond donors (Lipinski definition) is 0. The van der Waals surface area contributed by atoms with Crippen LogP contribution >= 0.6 is 11.3 Å². The van der Waals surface area contributed by atoms with Crippen molar-refractivity contribution in [3.63, 3.8) is 0 Å². The van der Waals surface area contributed by atoms with Gasteiger partial charge in [-0.1, -0.05) is 140 Å². The van der Waals surface area contributed by atoms with E-state index in [-0.39, 0.29) is 0 Å². The smallest absolute Gasteiger partial charge is 0.0434 e. The lowest BCUT2D eigenvalue weighted by atomic mass is 9.83. The van der Waals surface area contributed by atoms with Gasteiger partial charge in [-0.15, -0.1) is 11.3 Å². The highest BCUT2D eigenvalue weighted by Gasteiger charge is 2.21. The van der Waals surface area contributed by atoms with Gasteiger partial charge in [0.2, 0.25) is 0 Å². The molecule has 0 aliphatic carbocycles. The summed E-state index contributed by atoms with van der Waals surface area (Å²) in [6, 6.07) is 54.2. The summed E-state index contributed by atoms with van der Waals surface area (Å²) >= 11 is 1.91. The molecule has 9 aromatic carbocycles. The van der Waals surface area contributed by atoms with Crippen molar-refractivity contribution in [3.05, 3.63) is 146 Å². The average molecular weight is 561 g/mol. The molecule has 0 saturated carbocycles. The highest BCUT2D eigenvalue weighted by atomic mass is 32.1. The molecule has 43 heavy (non-hydrogen) atoms. The fraction of sp³-hybridized carbons (Fsp3) is 0. The second-order valence-corrected chi connectivity index (χ2v) is 12.6. The largest absolute Gasteiger partial charge is 0.135 e. The first-order chi connectivity index (χ1) is 21.3. The number of rotatable bonds is 2. The first-order valence-electron chi connectivity index (χ1n) is 14.9. The van der Waals surface area contributed by atoms with Gasteiger partial charge in [0.15, 0.2) is 0 Å². The van der Waals surface area contributed by atoms with Crippen LogP contribution < -0.4 is 0 Å². The van der Waals surface area contributed by atoms with E-state index in [1.54, 1.807) is 0 Å². The van der Waals surface area contributed by atoms with E-state index in [9.17, 15) is 0 Å². The molecule has 10 aromatic rings. The summed E-state index contributed by atoms with van der Waals surface area (Å²) < 4.78 is 2.69. The third-order valence-corrected chi connectivity index (χ3v) is 10.6. The molecule has 0 radical (unpaired) electrons. The Bertz CT molecular complexity index is 2650. The Balaban J connectivity index is 1.38. The minimum Gasteiger partial charge on any atom is -0.135 e. The Morgan fingerprint density at radius 2 is 0.814 bits per heavy atom. The van der Waals surface area contributed by atoms with Gasteiger partial charge in [-0.25, -0.2) is 0 Å². The Labute approximate surface area is 252 Å². The van der Waals surface area contributed by atoms with Gasteiger partial charge in [0.1, 0.15) is 0 Å². The average Bonchev–Trinajstić information content (AvgIpc) is 3.45. The quantitative estimate of drug-likeness (QED) is 0.146. The second kappa shape index (κ2) is 8.64. The lowest BCUT2D eigenvalue weighted by molar-refractivity contribution is 1.71. The lowest BCUT2D eigenvalue weighted by Gasteiger charge is -2.20. The minimum atomic E-state index is 1.30. The standard InChI is InChI=1S/C42H24S/c1-3-14-31-29(12-1)40(34-24-22-27-20-19-25-9-7-10-26-21-23-33(34)39(27)38(25)26)30-13-2-4-15-32(30)41(31)36-17-8-16-35-28-11-5-6-18-37(28)43-42(35)36/h1-24H. The van der Waals surface area contributed by atoms with Gasteiger partial charge >= 0.3 is 0 Å². The van der Waals surface area contributed by atoms with Crippen molar-refractivity contribution in [2.45, 2.75) is 0 Å². The van der Waals surface area contributed by atoms with Crippen LogP contribution in [-0.2, 0) is 0 Å². The van der Waals surface area contributed by atoms with Crippen LogP contribution in [0.15, 0.2) is 146 Å². The third-order valence-electron chi connectivity index (χ3n) is 9.40. The molecule has 0 spiro atoms. The van der Waals surface area contributed by atoms with E-state index >= 15 is 0 Å². The number of fused-ring (bicyclic) bond motifs is 5. The molecule has 0 unspecified atom stereocenters. The van der Waals surface area contributed by atoms with E-state index in [2.05, 4.69) is 146 Å². The van der Waals surface area contributed by atoms with Crippen molar-refractivity contribution in [2.24, 2.45) is 0 Å². The van der Waals surface area contributed by atoms with Crippen LogP contribution in [0.4, 0.5) is 0 Å². The molecule has 0 aliphatic rings. The van der Waals surface area contributed by atoms with Crippen molar-refractivity contribution in [1.82, 2.24) is 0 Å². The Hall–Kier alpha value is -5.24. The molecule has 0 amide bonds. The van der Waals surface area contributed by atoms with E-state index in [1.807, 2.05) is 11.3 Å². The van der Waals surface area contributed by atoms with E-state index < -0.39 is 0 Å². The highest BCUT2D eigenvalue weighted by Crippen LogP contribution is 2.49. The lowest BCUT2D eigenvalue weighted by Crippen LogP contribution is -1.92. The Morgan fingerprint density at radius 1 is 0.302 bits per heavy atom. The molecule has 1 heteroatoms. The highest BCUT2D eigenvalue weighted by molar-refractivity contribution is 7.26. The fourth-order valence-corrected chi connectivity index (χ4v) is 8.83. The fourth-order valence-electron chi connectivity index (χ4n) is 7.61. The van der Waals surface area contributed by atoms with Crippen LogP contribution in [0, 0.1) is 0 Å². The van der Waals surface area contributed by atoms with E-state index in [0.29, 0.717) is 0 Å². The maximum Gasteiger partial charge on any atom is 0.0434 e. The number of benzene rings is 9. The van der Waals surface area contributed by atoms with Crippen LogP contribution in [0.5, 0.6) is 0 Å². The molecular weight excluding hydrogens is 537 g/mol. The first-order valence-corrected chi connectivity index (χ1v) is 15.7. The maximum absolute atomic E-state index is 2.35. The van der Waals surface area contributed by atoms with Crippen LogP contribution in [0.1, 0.15) is 0 Å². The molecule has 0 aliphatic heterocycles. The Morgan fingerprint density at radius 3 is 1.51 bits per heavy atom. The van der Waals surface area contributed by atoms with E-state index in [0.717, 1.165) is 0 Å². The van der Waals surface area contributed by atoms with Crippen molar-refractivity contribution >= 4 is 85.4 Å². The topological polar surface area (TPSA) is 0 Å². The first kappa shape index (κ1) is 23.3. The molecule has 0 N–H and O–H groups in total. The van der Waals surface area contributed by atoms with E-state index in [4.69, 9.17) is 0 Å². The summed E-state index contributed by atoms with van der Waals surface area (Å²) in [6.07, 6.45) is 0. The van der Waals surface area contributed by atoms with Gasteiger partial charge in [0, 0.05) is 25.7 Å². The molecule has 198 valence electrons. The summed E-state index contributed by atoms with van der Waals surface area (Å²) in [5.74, 6) is 0. The monoisotopic (exact) mass is 560 g/mol. The van der Waals surface area contributed by atoms with Crippen LogP contribution in [0.2, 0.25) is 0 Å². The Kier molecular flexibility index (Phi) is 4.69. The summed E-state index contributed by atoms with van der Waals surface area (Å²) in [6.45, 7) is 0. The van der Waals surface area contributed by atoms with Gasteiger partial charge in [-0.05, 0) is 76.6 Å². The summed E-state index contributed by atoms with van der Waals surface area (Å²) in [5.41, 5.74) is 5.25. The van der Waals surface area contributed by atoms with Crippen molar-refractivity contribution < 1.29 is 0 Å². The van der Waals surface area contributed by atoms with Crippen molar-refractivity contribution in [1.29, 1.82) is 0 Å². The molecule has 0 nitrogen and oxygen atoms in total. The van der Waals surface area contributed by atoms with Crippen LogP contribution in [0.3, 0.4) is 0 Å². The van der Waals surface area contributed by atoms with Gasteiger partial charge in [-0.3, -0.25) is 0 Å². The van der Waals surface area contributed by atoms with Crippen molar-refractivity contribution in [2.75, 3.05) is 0 Å². The molecule has 0 bridgehead atoms. The predicted octanol–water partition coefficient (Wildman–Crippen LogP) is 12.6. The molecule has 0 fully saturated rings. The van der Waals surface area contributed by atoms with Crippen molar-refractivity contribution in [3.8, 4) is 22.3 Å². The minimum absolute atomic E-state index is 1.30. The summed E-state index contributed by atoms with van der Waals surface area (Å²) in [4.78, 5) is 0. The normalized spacial score (nSPS) is 12.2. The molecular formula is C42H24S. The summed E-state index contributed by atoms with van der Waals surface area (Å²) in [5, 5.41) is 15.8. The predicted molar refractivity (Wildman–Crippen MR) is 189 cm³/mol. The van der Waals surface area contributed by atoms with E-state index in [1.165, 1.54) is 96.3 Å². The maximum atomic E-state index is 2.35. The zero-order chi connectivity index (χ0) is 28.1. The third kappa shape index (κ3) is 3.15. The number of thiophene rings is 1. The molecule has 10 rings (SSSR count). The summed E-state index contributed by atoms with van der Waals surface area (Å²) in [7, 11) is 0. The second-order valence-electron chi connectivity index (χ2n) is 11.6. The molecule has 1 aromatic heterocycles. The van der Waals surface area contributed by atoms with Gasteiger partial charge in [0.05, 0.1) is 0 Å². The van der Waals surface area contributed by atoms with Gasteiger partial charge in [0.25, 0.3) is 0 Å². The molecule has 1 heterocycles.